The summed E-state index contributed by atoms with van der Waals surface area (Å²) in [6.45, 7) is 3.08. The molecule has 2 fully saturated rings. The van der Waals surface area contributed by atoms with Crippen LogP contribution >= 0.6 is 0 Å². The second-order valence-corrected chi connectivity index (χ2v) is 9.08. The van der Waals surface area contributed by atoms with Gasteiger partial charge in [0.1, 0.15) is 0 Å². The molecule has 2 aromatic rings. The number of nitriles is 1. The number of nitrogens with zero attached hydrogens (tertiary/aromatic N) is 3. The first-order valence-corrected chi connectivity index (χ1v) is 11.8. The van der Waals surface area contributed by atoms with Crippen LogP contribution < -0.4 is 15.1 Å². The number of nitrogens with one attached hydrogen (secondary N) is 1. The fraction of sp³-hybridized carbons (Fsp3) is 0.462. The van der Waals surface area contributed by atoms with Gasteiger partial charge in [-0.05, 0) is 68.1 Å². The lowest BCUT2D eigenvalue weighted by atomic mass is 9.89. The number of hydrogen-bond acceptors (Lipinski definition) is 5. The minimum atomic E-state index is -4.58. The molecule has 35 heavy (non-hydrogen) atoms. The largest absolute Gasteiger partial charge is 0.417 e. The van der Waals surface area contributed by atoms with Gasteiger partial charge < -0.3 is 19.9 Å². The van der Waals surface area contributed by atoms with E-state index in [1.165, 1.54) is 6.07 Å². The standard InChI is InChI=1S/C26H29F3N4O2/c1-32(23-9-4-19(17-30)24(16-23)26(27,28)29)21-10-5-20(6-11-21)31-25(34)18-2-7-22(8-3-18)33-12-14-35-15-13-33/h2-4,7-9,16,20-21H,5-6,10-15H2,1H3,(H,31,34)/t20-,21+. The molecular formula is C26H29F3N4O2. The zero-order valence-electron chi connectivity index (χ0n) is 19.6. The van der Waals surface area contributed by atoms with Gasteiger partial charge in [0.05, 0.1) is 30.4 Å². The highest BCUT2D eigenvalue weighted by molar-refractivity contribution is 5.94. The number of benzene rings is 2. The molecule has 0 spiro atoms. The number of halogens is 3. The molecule has 0 atom stereocenters. The lowest BCUT2D eigenvalue weighted by molar-refractivity contribution is -0.137. The van der Waals surface area contributed by atoms with Crippen LogP contribution in [0.4, 0.5) is 24.5 Å². The van der Waals surface area contributed by atoms with Crippen molar-refractivity contribution in [2.75, 3.05) is 43.2 Å². The zero-order chi connectivity index (χ0) is 25.0. The molecule has 1 aliphatic heterocycles. The molecule has 0 bridgehead atoms. The summed E-state index contributed by atoms with van der Waals surface area (Å²) in [5, 5.41) is 12.1. The number of hydrogen-bond donors (Lipinski definition) is 1. The van der Waals surface area contributed by atoms with Crippen LogP contribution in [0.5, 0.6) is 0 Å². The quantitative estimate of drug-likeness (QED) is 0.670. The number of carbonyl (C=O) groups is 1. The molecule has 1 N–H and O–H groups in total. The summed E-state index contributed by atoms with van der Waals surface area (Å²) in [6.07, 6.45) is -1.59. The van der Waals surface area contributed by atoms with E-state index >= 15 is 0 Å². The minimum absolute atomic E-state index is 0.0257. The van der Waals surface area contributed by atoms with Gasteiger partial charge in [0.2, 0.25) is 0 Å². The number of rotatable bonds is 5. The van der Waals surface area contributed by atoms with Crippen molar-refractivity contribution >= 4 is 17.3 Å². The molecule has 1 amide bonds. The van der Waals surface area contributed by atoms with Crippen molar-refractivity contribution in [3.8, 4) is 6.07 Å². The molecule has 186 valence electrons. The van der Waals surface area contributed by atoms with Gasteiger partial charge in [0.25, 0.3) is 5.91 Å². The Morgan fingerprint density at radius 3 is 2.34 bits per heavy atom. The average Bonchev–Trinajstić information content (AvgIpc) is 2.88. The summed E-state index contributed by atoms with van der Waals surface area (Å²) >= 11 is 0. The lowest BCUT2D eigenvalue weighted by Gasteiger charge is -2.36. The van der Waals surface area contributed by atoms with E-state index in [1.807, 2.05) is 29.2 Å². The van der Waals surface area contributed by atoms with Crippen molar-refractivity contribution in [1.29, 1.82) is 5.26 Å². The summed E-state index contributed by atoms with van der Waals surface area (Å²) < 4.78 is 45.4. The number of ether oxygens (including phenoxy) is 1. The van der Waals surface area contributed by atoms with E-state index in [4.69, 9.17) is 10.00 Å². The second kappa shape index (κ2) is 10.6. The zero-order valence-corrected chi connectivity index (χ0v) is 19.6. The van der Waals surface area contributed by atoms with Crippen molar-refractivity contribution in [2.45, 2.75) is 43.9 Å². The number of alkyl halides is 3. The third-order valence-corrected chi connectivity index (χ3v) is 6.92. The predicted molar refractivity (Wildman–Crippen MR) is 128 cm³/mol. The SMILES string of the molecule is CN(c1ccc(C#N)c(C(F)(F)F)c1)[C@H]1CC[C@@H](NC(=O)c2ccc(N3CCOCC3)cc2)CC1. The molecule has 0 aromatic heterocycles. The molecule has 1 aliphatic carbocycles. The maximum absolute atomic E-state index is 13.3. The molecule has 6 nitrogen and oxygen atoms in total. The number of amides is 1. The van der Waals surface area contributed by atoms with Crippen LogP contribution in [-0.2, 0) is 10.9 Å². The molecule has 1 saturated carbocycles. The van der Waals surface area contributed by atoms with Crippen LogP contribution in [0, 0.1) is 11.3 Å². The summed E-state index contributed by atoms with van der Waals surface area (Å²) in [6, 6.07) is 13.1. The van der Waals surface area contributed by atoms with E-state index in [2.05, 4.69) is 10.2 Å². The highest BCUT2D eigenvalue weighted by Crippen LogP contribution is 2.35. The molecule has 9 heteroatoms. The van der Waals surface area contributed by atoms with Gasteiger partial charge in [-0.15, -0.1) is 0 Å². The van der Waals surface area contributed by atoms with E-state index in [1.54, 1.807) is 19.2 Å². The first-order chi connectivity index (χ1) is 16.8. The molecule has 0 radical (unpaired) electrons. The van der Waals surface area contributed by atoms with Gasteiger partial charge in [-0.25, -0.2) is 0 Å². The van der Waals surface area contributed by atoms with E-state index in [-0.39, 0.29) is 23.6 Å². The molecule has 2 aromatic carbocycles. The van der Waals surface area contributed by atoms with Gasteiger partial charge in [-0.3, -0.25) is 4.79 Å². The van der Waals surface area contributed by atoms with Crippen molar-refractivity contribution in [1.82, 2.24) is 5.32 Å². The van der Waals surface area contributed by atoms with Gasteiger partial charge in [-0.2, -0.15) is 18.4 Å². The van der Waals surface area contributed by atoms with Crippen molar-refractivity contribution in [2.24, 2.45) is 0 Å². The Morgan fingerprint density at radius 2 is 1.74 bits per heavy atom. The Bertz CT molecular complexity index is 1070. The number of carbonyl (C=O) groups excluding carboxylic acids is 1. The average molecular weight is 487 g/mol. The van der Waals surface area contributed by atoms with Crippen LogP contribution in [-0.4, -0.2) is 51.3 Å². The number of anilines is 2. The van der Waals surface area contributed by atoms with Gasteiger partial charge in [0, 0.05) is 49.2 Å². The fourth-order valence-corrected chi connectivity index (χ4v) is 4.82. The maximum atomic E-state index is 13.3. The van der Waals surface area contributed by atoms with E-state index < -0.39 is 11.7 Å². The van der Waals surface area contributed by atoms with Crippen LogP contribution in [0.15, 0.2) is 42.5 Å². The highest BCUT2D eigenvalue weighted by atomic mass is 19.4. The Morgan fingerprint density at radius 1 is 1.09 bits per heavy atom. The monoisotopic (exact) mass is 486 g/mol. The van der Waals surface area contributed by atoms with Crippen LogP contribution in [0.1, 0.15) is 47.2 Å². The number of morpholine rings is 1. The Kier molecular flexibility index (Phi) is 7.51. The third kappa shape index (κ3) is 5.88. The summed E-state index contributed by atoms with van der Waals surface area (Å²) in [4.78, 5) is 16.8. The summed E-state index contributed by atoms with van der Waals surface area (Å²) in [5.74, 6) is -0.114. The molecular weight excluding hydrogens is 457 g/mol. The third-order valence-electron chi connectivity index (χ3n) is 6.92. The minimum Gasteiger partial charge on any atom is -0.378 e. The molecule has 1 heterocycles. The maximum Gasteiger partial charge on any atom is 0.417 e. The molecule has 1 saturated heterocycles. The predicted octanol–water partition coefficient (Wildman–Crippen LogP) is 4.59. The van der Waals surface area contributed by atoms with Crippen molar-refractivity contribution < 1.29 is 22.7 Å². The first-order valence-electron chi connectivity index (χ1n) is 11.8. The second-order valence-electron chi connectivity index (χ2n) is 9.08. The van der Waals surface area contributed by atoms with Crippen LogP contribution in [0.2, 0.25) is 0 Å². The van der Waals surface area contributed by atoms with E-state index in [0.717, 1.165) is 50.5 Å². The van der Waals surface area contributed by atoms with E-state index in [0.29, 0.717) is 24.5 Å². The molecule has 4 rings (SSSR count). The topological polar surface area (TPSA) is 68.6 Å². The van der Waals surface area contributed by atoms with Gasteiger partial charge in [0.15, 0.2) is 0 Å². The normalized spacial score (nSPS) is 20.7. The Labute approximate surface area is 203 Å². The fourth-order valence-electron chi connectivity index (χ4n) is 4.82. The molecule has 2 aliphatic rings. The smallest absolute Gasteiger partial charge is 0.378 e. The van der Waals surface area contributed by atoms with Gasteiger partial charge >= 0.3 is 6.18 Å². The Balaban J connectivity index is 1.32. The van der Waals surface area contributed by atoms with Crippen molar-refractivity contribution in [3.05, 3.63) is 59.2 Å². The summed E-state index contributed by atoms with van der Waals surface area (Å²) in [7, 11) is 1.78. The van der Waals surface area contributed by atoms with Gasteiger partial charge in [-0.1, -0.05) is 0 Å². The van der Waals surface area contributed by atoms with Crippen molar-refractivity contribution in [3.63, 3.8) is 0 Å². The molecule has 0 unspecified atom stereocenters. The van der Waals surface area contributed by atoms with Crippen LogP contribution in [0.25, 0.3) is 0 Å². The highest BCUT2D eigenvalue weighted by Gasteiger charge is 2.35. The Hall–Kier alpha value is -3.25. The van der Waals surface area contributed by atoms with Crippen LogP contribution in [0.3, 0.4) is 0 Å². The summed E-state index contributed by atoms with van der Waals surface area (Å²) in [5.41, 5.74) is 0.830. The first kappa shape index (κ1) is 24.9. The van der Waals surface area contributed by atoms with E-state index in [9.17, 15) is 18.0 Å². The lowest BCUT2D eigenvalue weighted by Crippen LogP contribution is -2.43.